The molecule has 0 aliphatic rings. The number of allylic oxidation sites excluding steroid dienone is 3. The molecule has 0 saturated heterocycles. The Balaban J connectivity index is 3.27. The lowest BCUT2D eigenvalue weighted by molar-refractivity contribution is 1.13. The van der Waals surface area contributed by atoms with Gasteiger partial charge in [0.15, 0.2) is 0 Å². The first kappa shape index (κ1) is 19.3. The van der Waals surface area contributed by atoms with Crippen LogP contribution in [-0.4, -0.2) is 13.3 Å². The molecule has 0 aliphatic carbocycles. The van der Waals surface area contributed by atoms with Crippen LogP contribution in [0.2, 0.25) is 0 Å². The van der Waals surface area contributed by atoms with E-state index in [9.17, 15) is 0 Å². The number of nitrogens with zero attached hydrogens (tertiary/aromatic N) is 1. The lowest BCUT2D eigenvalue weighted by Crippen LogP contribution is -2.10. The second-order valence-electron chi connectivity index (χ2n) is 5.67. The van der Waals surface area contributed by atoms with Gasteiger partial charge in [0.2, 0.25) is 0 Å². The molecular weight excluding hydrogens is 296 g/mol. The van der Waals surface area contributed by atoms with Crippen LogP contribution in [-0.2, 0) is 6.42 Å². The normalized spacial score (nSPS) is 12.9. The quantitative estimate of drug-likeness (QED) is 0.526. The van der Waals surface area contributed by atoms with E-state index in [0.717, 1.165) is 34.5 Å². The third-order valence-corrected chi connectivity index (χ3v) is 3.78. The minimum absolute atomic E-state index is 0.436. The summed E-state index contributed by atoms with van der Waals surface area (Å²) in [5.41, 5.74) is 18.5. The zero-order chi connectivity index (χ0) is 18.3. The summed E-state index contributed by atoms with van der Waals surface area (Å²) < 4.78 is 0. The van der Waals surface area contributed by atoms with E-state index in [0.29, 0.717) is 11.4 Å². The summed E-state index contributed by atoms with van der Waals surface area (Å²) in [6.45, 7) is 13.8. The van der Waals surface area contributed by atoms with Gasteiger partial charge in [-0.2, -0.15) is 0 Å². The maximum Gasteiger partial charge on any atom is 0.0476 e. The summed E-state index contributed by atoms with van der Waals surface area (Å²) in [6.07, 6.45) is 4.67. The molecule has 128 valence electrons. The van der Waals surface area contributed by atoms with E-state index in [4.69, 9.17) is 11.5 Å². The van der Waals surface area contributed by atoms with Gasteiger partial charge in [-0.25, -0.2) is 0 Å². The first-order valence-electron chi connectivity index (χ1n) is 7.91. The Bertz CT molecular complexity index is 717. The molecule has 0 spiro atoms. The van der Waals surface area contributed by atoms with Crippen molar-refractivity contribution in [2.45, 2.75) is 27.2 Å². The topological polar surface area (TPSA) is 76.4 Å². The molecule has 0 amide bonds. The molecule has 0 heterocycles. The highest BCUT2D eigenvalue weighted by atomic mass is 14.9. The van der Waals surface area contributed by atoms with Crippen LogP contribution in [0.4, 0.5) is 5.69 Å². The van der Waals surface area contributed by atoms with Crippen molar-refractivity contribution in [1.29, 1.82) is 0 Å². The number of aliphatic imine (C=N–C) groups is 1. The zero-order valence-electron chi connectivity index (χ0n) is 15.1. The maximum absolute atomic E-state index is 5.94. The van der Waals surface area contributed by atoms with Crippen molar-refractivity contribution >= 4 is 11.9 Å². The molecule has 4 nitrogen and oxygen atoms in total. The van der Waals surface area contributed by atoms with E-state index in [2.05, 4.69) is 36.5 Å². The molecule has 4 heteroatoms. The Morgan fingerprint density at radius 3 is 2.42 bits per heavy atom. The number of benzene rings is 1. The molecule has 0 fully saturated rings. The summed E-state index contributed by atoms with van der Waals surface area (Å²) in [4.78, 5) is 4.16. The number of nitrogens with one attached hydrogen (secondary N) is 1. The molecule has 0 aliphatic heterocycles. The van der Waals surface area contributed by atoms with Gasteiger partial charge >= 0.3 is 0 Å². The van der Waals surface area contributed by atoms with Crippen molar-refractivity contribution in [2.24, 2.45) is 16.5 Å². The maximum atomic E-state index is 5.94. The molecule has 0 saturated carbocycles. The fraction of sp³-hybridized carbons (Fsp3) is 0.250. The Labute approximate surface area is 145 Å². The van der Waals surface area contributed by atoms with Crippen molar-refractivity contribution in [2.75, 3.05) is 12.4 Å². The van der Waals surface area contributed by atoms with Crippen LogP contribution in [0.1, 0.15) is 31.9 Å². The first-order chi connectivity index (χ1) is 11.3. The van der Waals surface area contributed by atoms with Gasteiger partial charge in [-0.3, -0.25) is 4.99 Å². The van der Waals surface area contributed by atoms with Crippen molar-refractivity contribution in [3.8, 4) is 0 Å². The molecule has 1 aromatic rings. The number of nitrogens with two attached hydrogens (primary N) is 2. The van der Waals surface area contributed by atoms with Crippen LogP contribution in [0.3, 0.4) is 0 Å². The Morgan fingerprint density at radius 2 is 1.92 bits per heavy atom. The Morgan fingerprint density at radius 1 is 1.25 bits per heavy atom. The third-order valence-electron chi connectivity index (χ3n) is 3.78. The van der Waals surface area contributed by atoms with E-state index < -0.39 is 0 Å². The molecule has 24 heavy (non-hydrogen) atoms. The number of rotatable bonds is 7. The summed E-state index contributed by atoms with van der Waals surface area (Å²) >= 11 is 0. The highest BCUT2D eigenvalue weighted by Gasteiger charge is 2.10. The lowest BCUT2D eigenvalue weighted by Gasteiger charge is -2.17. The van der Waals surface area contributed by atoms with Gasteiger partial charge in [0.05, 0.1) is 0 Å². The fourth-order valence-electron chi connectivity index (χ4n) is 2.25. The molecule has 1 rings (SSSR count). The molecular formula is C20H28N4. The molecule has 5 N–H and O–H groups in total. The van der Waals surface area contributed by atoms with Gasteiger partial charge in [-0.15, -0.1) is 0 Å². The Kier molecular flexibility index (Phi) is 7.05. The van der Waals surface area contributed by atoms with Crippen molar-refractivity contribution < 1.29 is 0 Å². The van der Waals surface area contributed by atoms with E-state index in [1.807, 2.05) is 38.3 Å². The summed E-state index contributed by atoms with van der Waals surface area (Å²) in [6, 6.07) is 6.10. The van der Waals surface area contributed by atoms with Gasteiger partial charge in [-0.05, 0) is 43.5 Å². The number of aryl methyl sites for hydroxylation is 1. The van der Waals surface area contributed by atoms with Gasteiger partial charge in [0.1, 0.15) is 0 Å². The SMILES string of the molecule is C=C(N)/C(=C/C(C)=C(\C)N)C(=C)Nc1cccc(CC)c1/C=N\C. The molecule has 0 atom stereocenters. The molecule has 0 unspecified atom stereocenters. The standard InChI is InChI=1S/C20H28N4/c1-7-17-9-8-10-20(19(17)12-23-6)24-16(5)18(15(4)22)11-13(2)14(3)21/h8-12,24H,4-5,7,21-22H2,1-3,6H3/b14-13+,18-11-,23-12-. The number of hydrogen-bond donors (Lipinski definition) is 3. The van der Waals surface area contributed by atoms with Crippen LogP contribution in [0.25, 0.3) is 0 Å². The predicted molar refractivity (Wildman–Crippen MR) is 106 cm³/mol. The minimum atomic E-state index is 0.436. The summed E-state index contributed by atoms with van der Waals surface area (Å²) in [5, 5.41) is 3.34. The molecule has 0 aromatic heterocycles. The second-order valence-corrected chi connectivity index (χ2v) is 5.67. The number of anilines is 1. The van der Waals surface area contributed by atoms with E-state index in [1.54, 1.807) is 7.05 Å². The van der Waals surface area contributed by atoms with Crippen molar-refractivity contribution in [3.05, 3.63) is 76.8 Å². The van der Waals surface area contributed by atoms with Crippen LogP contribution >= 0.6 is 0 Å². The van der Waals surface area contributed by atoms with Crippen LogP contribution in [0.15, 0.2) is 70.7 Å². The second kappa shape index (κ2) is 8.77. The van der Waals surface area contributed by atoms with Crippen LogP contribution in [0.5, 0.6) is 0 Å². The average Bonchev–Trinajstić information content (AvgIpc) is 2.53. The zero-order valence-corrected chi connectivity index (χ0v) is 15.1. The van der Waals surface area contributed by atoms with Crippen LogP contribution in [0, 0.1) is 0 Å². The van der Waals surface area contributed by atoms with Crippen molar-refractivity contribution in [3.63, 3.8) is 0 Å². The molecule has 0 radical (unpaired) electrons. The summed E-state index contributed by atoms with van der Waals surface area (Å²) in [5.74, 6) is 0. The lowest BCUT2D eigenvalue weighted by atomic mass is 10.0. The van der Waals surface area contributed by atoms with E-state index in [1.165, 1.54) is 5.56 Å². The van der Waals surface area contributed by atoms with Crippen molar-refractivity contribution in [1.82, 2.24) is 0 Å². The monoisotopic (exact) mass is 324 g/mol. The van der Waals surface area contributed by atoms with Crippen LogP contribution < -0.4 is 16.8 Å². The van der Waals surface area contributed by atoms with Gasteiger partial charge in [0.25, 0.3) is 0 Å². The van der Waals surface area contributed by atoms with Gasteiger partial charge in [0, 0.05) is 47.2 Å². The largest absolute Gasteiger partial charge is 0.402 e. The summed E-state index contributed by atoms with van der Waals surface area (Å²) in [7, 11) is 1.76. The minimum Gasteiger partial charge on any atom is -0.402 e. The van der Waals surface area contributed by atoms with E-state index >= 15 is 0 Å². The predicted octanol–water partition coefficient (Wildman–Crippen LogP) is 3.87. The van der Waals surface area contributed by atoms with Gasteiger partial charge < -0.3 is 16.8 Å². The number of hydrogen-bond acceptors (Lipinski definition) is 4. The highest BCUT2D eigenvalue weighted by Crippen LogP contribution is 2.24. The smallest absolute Gasteiger partial charge is 0.0476 e. The fourth-order valence-corrected chi connectivity index (χ4v) is 2.25. The average molecular weight is 324 g/mol. The van der Waals surface area contributed by atoms with E-state index in [-0.39, 0.29) is 0 Å². The third kappa shape index (κ3) is 4.88. The highest BCUT2D eigenvalue weighted by molar-refractivity contribution is 5.90. The molecule has 1 aromatic carbocycles. The molecule has 0 bridgehead atoms. The Hall–Kier alpha value is -2.75. The first-order valence-corrected chi connectivity index (χ1v) is 7.91. The van der Waals surface area contributed by atoms with Gasteiger partial charge in [-0.1, -0.05) is 32.2 Å².